The summed E-state index contributed by atoms with van der Waals surface area (Å²) in [7, 11) is -1.06. The molecular weight excluding hydrogens is 282 g/mol. The highest BCUT2D eigenvalue weighted by molar-refractivity contribution is 7.91. The molecular formula is C11H15N5O3S. The fourth-order valence-electron chi connectivity index (χ4n) is 2.15. The molecule has 9 heteroatoms. The molecule has 0 amide bonds. The summed E-state index contributed by atoms with van der Waals surface area (Å²) >= 11 is 0. The van der Waals surface area contributed by atoms with Crippen molar-refractivity contribution < 1.29 is 12.9 Å². The third kappa shape index (κ3) is 2.88. The van der Waals surface area contributed by atoms with Gasteiger partial charge in [0.1, 0.15) is 5.69 Å². The average molecular weight is 297 g/mol. The minimum Gasteiger partial charge on any atom is -0.337 e. The largest absolute Gasteiger partial charge is 0.337 e. The molecule has 3 heterocycles. The first-order chi connectivity index (χ1) is 9.52. The second-order valence-corrected chi connectivity index (χ2v) is 7.10. The molecule has 0 bridgehead atoms. The van der Waals surface area contributed by atoms with Crippen LogP contribution in [0.15, 0.2) is 16.8 Å². The Balaban J connectivity index is 1.61. The maximum Gasteiger partial charge on any atom is 0.240 e. The Morgan fingerprint density at radius 3 is 3.05 bits per heavy atom. The maximum absolute atomic E-state index is 11.3. The third-order valence-corrected chi connectivity index (χ3v) is 4.95. The highest BCUT2D eigenvalue weighted by atomic mass is 32.2. The van der Waals surface area contributed by atoms with Crippen molar-refractivity contribution in [1.29, 1.82) is 0 Å². The van der Waals surface area contributed by atoms with E-state index in [0.29, 0.717) is 30.4 Å². The number of rotatable bonds is 4. The van der Waals surface area contributed by atoms with Gasteiger partial charge in [0.2, 0.25) is 11.7 Å². The number of nitrogens with one attached hydrogen (secondary N) is 1. The first-order valence-corrected chi connectivity index (χ1v) is 8.10. The van der Waals surface area contributed by atoms with Gasteiger partial charge in [-0.05, 0) is 12.5 Å². The van der Waals surface area contributed by atoms with E-state index < -0.39 is 9.84 Å². The molecule has 0 radical (unpaired) electrons. The fourth-order valence-corrected chi connectivity index (χ4v) is 3.86. The fraction of sp³-hybridized carbons (Fsp3) is 0.545. The van der Waals surface area contributed by atoms with Crippen LogP contribution in [0.4, 0.5) is 0 Å². The summed E-state index contributed by atoms with van der Waals surface area (Å²) in [4.78, 5) is 4.23. The van der Waals surface area contributed by atoms with Crippen LogP contribution in [0.5, 0.6) is 0 Å². The van der Waals surface area contributed by atoms with E-state index in [0.717, 1.165) is 0 Å². The number of sulfone groups is 1. The molecule has 1 saturated heterocycles. The highest BCUT2D eigenvalue weighted by Crippen LogP contribution is 2.14. The summed E-state index contributed by atoms with van der Waals surface area (Å²) in [6.07, 6.45) is 2.43. The zero-order valence-corrected chi connectivity index (χ0v) is 11.8. The molecule has 2 aromatic heterocycles. The summed E-state index contributed by atoms with van der Waals surface area (Å²) in [5.41, 5.74) is 0.644. The lowest BCUT2D eigenvalue weighted by Gasteiger charge is -2.06. The third-order valence-electron chi connectivity index (χ3n) is 3.19. The van der Waals surface area contributed by atoms with E-state index in [1.807, 2.05) is 7.05 Å². The van der Waals surface area contributed by atoms with Gasteiger partial charge >= 0.3 is 0 Å². The van der Waals surface area contributed by atoms with Crippen molar-refractivity contribution >= 4 is 9.84 Å². The summed E-state index contributed by atoms with van der Waals surface area (Å²) in [6, 6.07) is 1.76. The lowest BCUT2D eigenvalue weighted by atomic mass is 10.3. The lowest BCUT2D eigenvalue weighted by molar-refractivity contribution is 0.360. The van der Waals surface area contributed by atoms with E-state index in [9.17, 15) is 8.42 Å². The van der Waals surface area contributed by atoms with Gasteiger partial charge in [-0.25, -0.2) is 8.42 Å². The van der Waals surface area contributed by atoms with Crippen molar-refractivity contribution in [2.24, 2.45) is 7.05 Å². The molecule has 0 aromatic carbocycles. The predicted molar refractivity (Wildman–Crippen MR) is 70.4 cm³/mol. The van der Waals surface area contributed by atoms with Crippen LogP contribution in [0, 0.1) is 0 Å². The maximum atomic E-state index is 11.3. The second-order valence-electron chi connectivity index (χ2n) is 4.87. The molecule has 0 aliphatic carbocycles. The molecule has 3 rings (SSSR count). The lowest BCUT2D eigenvalue weighted by Crippen LogP contribution is -2.29. The molecule has 20 heavy (non-hydrogen) atoms. The van der Waals surface area contributed by atoms with Gasteiger partial charge in [-0.3, -0.25) is 4.68 Å². The molecule has 0 saturated carbocycles. The van der Waals surface area contributed by atoms with E-state index in [-0.39, 0.29) is 17.5 Å². The normalized spacial score (nSPS) is 21.4. The zero-order chi connectivity index (χ0) is 14.2. The highest BCUT2D eigenvalue weighted by Gasteiger charge is 2.27. The van der Waals surface area contributed by atoms with Crippen molar-refractivity contribution in [3.63, 3.8) is 0 Å². The van der Waals surface area contributed by atoms with Crippen molar-refractivity contribution in [2.45, 2.75) is 19.0 Å². The first-order valence-electron chi connectivity index (χ1n) is 6.28. The molecule has 1 unspecified atom stereocenters. The summed E-state index contributed by atoms with van der Waals surface area (Å²) in [5, 5.41) is 11.2. The Kier molecular flexibility index (Phi) is 3.30. The standard InChI is InChI=1S/C11H15N5O3S/c1-16-4-2-9(14-16)11-13-10(19-15-11)6-12-8-3-5-20(17,18)7-8/h2,4,8,12H,3,5-7H2,1H3. The van der Waals surface area contributed by atoms with Crippen LogP contribution in [0.25, 0.3) is 11.5 Å². The summed E-state index contributed by atoms with van der Waals surface area (Å²) in [5.74, 6) is 1.28. The Hall–Kier alpha value is -1.74. The molecule has 1 aliphatic heterocycles. The number of nitrogens with zero attached hydrogens (tertiary/aromatic N) is 4. The van der Waals surface area contributed by atoms with Crippen molar-refractivity contribution in [2.75, 3.05) is 11.5 Å². The monoisotopic (exact) mass is 297 g/mol. The van der Waals surface area contributed by atoms with E-state index in [2.05, 4.69) is 20.6 Å². The predicted octanol–water partition coefficient (Wildman–Crippen LogP) is -0.253. The average Bonchev–Trinajstić information content (AvgIpc) is 3.06. The van der Waals surface area contributed by atoms with Crippen molar-refractivity contribution in [1.82, 2.24) is 25.2 Å². The Morgan fingerprint density at radius 2 is 2.40 bits per heavy atom. The van der Waals surface area contributed by atoms with Crippen LogP contribution < -0.4 is 5.32 Å². The van der Waals surface area contributed by atoms with Crippen LogP contribution in [-0.4, -0.2) is 45.9 Å². The van der Waals surface area contributed by atoms with E-state index in [1.165, 1.54) is 0 Å². The number of hydrogen-bond donors (Lipinski definition) is 1. The number of hydrogen-bond acceptors (Lipinski definition) is 7. The smallest absolute Gasteiger partial charge is 0.240 e. The second kappa shape index (κ2) is 4.98. The quantitative estimate of drug-likeness (QED) is 0.829. The molecule has 2 aromatic rings. The number of aryl methyl sites for hydroxylation is 1. The van der Waals surface area contributed by atoms with Crippen molar-refractivity contribution in [3.8, 4) is 11.5 Å². The van der Waals surface area contributed by atoms with Crippen LogP contribution in [0.3, 0.4) is 0 Å². The van der Waals surface area contributed by atoms with Gasteiger partial charge in [0, 0.05) is 19.3 Å². The van der Waals surface area contributed by atoms with Gasteiger partial charge in [-0.1, -0.05) is 5.16 Å². The molecule has 1 N–H and O–H groups in total. The summed E-state index contributed by atoms with van der Waals surface area (Å²) < 4.78 is 29.5. The molecule has 1 fully saturated rings. The van der Waals surface area contributed by atoms with Crippen LogP contribution in [-0.2, 0) is 23.4 Å². The topological polar surface area (TPSA) is 103 Å². The van der Waals surface area contributed by atoms with Gasteiger partial charge in [-0.15, -0.1) is 0 Å². The minimum atomic E-state index is -2.88. The van der Waals surface area contributed by atoms with Crippen molar-refractivity contribution in [3.05, 3.63) is 18.2 Å². The molecule has 0 spiro atoms. The van der Waals surface area contributed by atoms with E-state index >= 15 is 0 Å². The zero-order valence-electron chi connectivity index (χ0n) is 11.0. The Bertz CT molecular complexity index is 705. The Labute approximate surface area is 116 Å². The van der Waals surface area contributed by atoms with Gasteiger partial charge < -0.3 is 9.84 Å². The van der Waals surface area contributed by atoms with E-state index in [4.69, 9.17) is 4.52 Å². The van der Waals surface area contributed by atoms with Gasteiger partial charge in [0.15, 0.2) is 9.84 Å². The molecule has 1 aliphatic rings. The molecule has 1 atom stereocenters. The van der Waals surface area contributed by atoms with Crippen LogP contribution >= 0.6 is 0 Å². The van der Waals surface area contributed by atoms with Gasteiger partial charge in [-0.2, -0.15) is 10.1 Å². The van der Waals surface area contributed by atoms with Crippen LogP contribution in [0.2, 0.25) is 0 Å². The first kappa shape index (κ1) is 13.3. The number of aromatic nitrogens is 4. The van der Waals surface area contributed by atoms with Crippen LogP contribution in [0.1, 0.15) is 12.3 Å². The van der Waals surface area contributed by atoms with Gasteiger partial charge in [0.05, 0.1) is 18.1 Å². The van der Waals surface area contributed by atoms with Gasteiger partial charge in [0.25, 0.3) is 0 Å². The molecule has 8 nitrogen and oxygen atoms in total. The Morgan fingerprint density at radius 1 is 1.55 bits per heavy atom. The molecule has 108 valence electrons. The SMILES string of the molecule is Cn1ccc(-c2noc(CNC3CCS(=O)(=O)C3)n2)n1. The van der Waals surface area contributed by atoms with E-state index in [1.54, 1.807) is 16.9 Å². The minimum absolute atomic E-state index is 0.0369. The summed E-state index contributed by atoms with van der Waals surface area (Å²) in [6.45, 7) is 0.361.